The second-order valence-corrected chi connectivity index (χ2v) is 5.74. The Kier molecular flexibility index (Phi) is 3.88. The van der Waals surface area contributed by atoms with Crippen molar-refractivity contribution in [1.29, 1.82) is 0 Å². The van der Waals surface area contributed by atoms with Gasteiger partial charge in [0.05, 0.1) is 20.8 Å². The van der Waals surface area contributed by atoms with Crippen LogP contribution in [0.2, 0.25) is 0 Å². The van der Waals surface area contributed by atoms with E-state index in [1.807, 2.05) is 24.3 Å². The normalized spacial score (nSPS) is 10.8. The third-order valence-electron chi connectivity index (χ3n) is 3.56. The van der Waals surface area contributed by atoms with Crippen LogP contribution in [0.15, 0.2) is 53.1 Å². The topological polar surface area (TPSA) is 23.4 Å². The summed E-state index contributed by atoms with van der Waals surface area (Å²) in [6.45, 7) is 0.762. The van der Waals surface area contributed by atoms with E-state index in [1.165, 1.54) is 10.9 Å². The number of hydrogen-bond acceptors (Lipinski definition) is 2. The fourth-order valence-corrected chi connectivity index (χ4v) is 2.91. The Morgan fingerprint density at radius 3 is 2.62 bits per heavy atom. The maximum absolute atomic E-state index is 5.44. The minimum absolute atomic E-state index is 0.762. The fourth-order valence-electron chi connectivity index (χ4n) is 2.50. The number of nitrogens with zero attached hydrogens (tertiary/aromatic N) is 1. The van der Waals surface area contributed by atoms with Gasteiger partial charge in [-0.15, -0.1) is 0 Å². The Labute approximate surface area is 132 Å². The van der Waals surface area contributed by atoms with E-state index < -0.39 is 0 Å². The average molecular weight is 346 g/mol. The minimum atomic E-state index is 0.762. The van der Waals surface area contributed by atoms with Gasteiger partial charge in [-0.2, -0.15) is 0 Å². The van der Waals surface area contributed by atoms with E-state index in [0.29, 0.717) is 0 Å². The average Bonchev–Trinajstić information content (AvgIpc) is 2.90. The van der Waals surface area contributed by atoms with Crippen molar-refractivity contribution < 1.29 is 9.47 Å². The summed E-state index contributed by atoms with van der Waals surface area (Å²) in [6.07, 6.45) is 2.09. The highest BCUT2D eigenvalue weighted by molar-refractivity contribution is 9.10. The molecule has 0 atom stereocenters. The van der Waals surface area contributed by atoms with Crippen molar-refractivity contribution in [2.45, 2.75) is 6.54 Å². The van der Waals surface area contributed by atoms with Gasteiger partial charge in [0.15, 0.2) is 0 Å². The van der Waals surface area contributed by atoms with Crippen LogP contribution in [0.1, 0.15) is 5.56 Å². The molecule has 3 aromatic rings. The quantitative estimate of drug-likeness (QED) is 0.696. The second-order valence-electron chi connectivity index (χ2n) is 4.82. The van der Waals surface area contributed by atoms with Crippen LogP contribution in [0.25, 0.3) is 10.9 Å². The number of fused-ring (bicyclic) bond motifs is 1. The summed E-state index contributed by atoms with van der Waals surface area (Å²) in [5, 5.41) is 1.17. The molecule has 3 nitrogen and oxygen atoms in total. The molecule has 0 amide bonds. The lowest BCUT2D eigenvalue weighted by atomic mass is 10.2. The Balaban J connectivity index is 2.00. The lowest BCUT2D eigenvalue weighted by Crippen LogP contribution is -2.00. The molecule has 0 aliphatic rings. The van der Waals surface area contributed by atoms with E-state index in [2.05, 4.69) is 44.9 Å². The van der Waals surface area contributed by atoms with Gasteiger partial charge < -0.3 is 14.0 Å². The zero-order valence-electron chi connectivity index (χ0n) is 12.0. The van der Waals surface area contributed by atoms with E-state index in [1.54, 1.807) is 14.2 Å². The van der Waals surface area contributed by atoms with Crippen molar-refractivity contribution in [2.75, 3.05) is 14.2 Å². The maximum atomic E-state index is 5.44. The predicted octanol–water partition coefficient (Wildman–Crippen LogP) is 4.47. The first-order valence-corrected chi connectivity index (χ1v) is 7.46. The van der Waals surface area contributed by atoms with Crippen molar-refractivity contribution in [2.24, 2.45) is 0 Å². The molecule has 0 aliphatic carbocycles. The molecule has 0 N–H and O–H groups in total. The SMILES string of the molecule is COc1ccc2c(ccn2Cc2cc(Br)ccc2OC)c1. The van der Waals surface area contributed by atoms with Gasteiger partial charge in [0.25, 0.3) is 0 Å². The monoisotopic (exact) mass is 345 g/mol. The largest absolute Gasteiger partial charge is 0.497 e. The summed E-state index contributed by atoms with van der Waals surface area (Å²) >= 11 is 3.52. The van der Waals surface area contributed by atoms with Crippen LogP contribution in [0.5, 0.6) is 11.5 Å². The summed E-state index contributed by atoms with van der Waals surface area (Å²) in [4.78, 5) is 0. The highest BCUT2D eigenvalue weighted by Gasteiger charge is 2.07. The summed E-state index contributed by atoms with van der Waals surface area (Å²) in [6, 6.07) is 14.3. The molecule has 0 bridgehead atoms. The molecule has 1 aromatic heterocycles. The van der Waals surface area contributed by atoms with Gasteiger partial charge in [-0.1, -0.05) is 15.9 Å². The number of ether oxygens (including phenoxy) is 2. The fraction of sp³-hybridized carbons (Fsp3) is 0.176. The number of hydrogen-bond donors (Lipinski definition) is 0. The standard InChI is InChI=1S/C17H16BrNO2/c1-20-15-4-5-16-12(10-15)7-8-19(16)11-13-9-14(18)3-6-17(13)21-2/h3-10H,11H2,1-2H3. The zero-order valence-corrected chi connectivity index (χ0v) is 13.6. The van der Waals surface area contributed by atoms with E-state index in [-0.39, 0.29) is 0 Å². The van der Waals surface area contributed by atoms with Gasteiger partial charge in [-0.05, 0) is 42.5 Å². The molecule has 0 unspecified atom stereocenters. The van der Waals surface area contributed by atoms with Gasteiger partial charge in [0, 0.05) is 27.1 Å². The molecule has 2 aromatic carbocycles. The van der Waals surface area contributed by atoms with Crippen molar-refractivity contribution in [3.8, 4) is 11.5 Å². The number of methoxy groups -OCH3 is 2. The van der Waals surface area contributed by atoms with E-state index in [4.69, 9.17) is 9.47 Å². The van der Waals surface area contributed by atoms with Gasteiger partial charge >= 0.3 is 0 Å². The van der Waals surface area contributed by atoms with Crippen molar-refractivity contribution in [3.63, 3.8) is 0 Å². The first-order valence-electron chi connectivity index (χ1n) is 6.66. The molecule has 0 saturated heterocycles. The molecule has 21 heavy (non-hydrogen) atoms. The highest BCUT2D eigenvalue weighted by atomic mass is 79.9. The molecule has 3 rings (SSSR count). The molecular formula is C17H16BrNO2. The zero-order chi connectivity index (χ0) is 14.8. The molecular weight excluding hydrogens is 330 g/mol. The van der Waals surface area contributed by atoms with Gasteiger partial charge in [-0.25, -0.2) is 0 Å². The van der Waals surface area contributed by atoms with E-state index >= 15 is 0 Å². The second kappa shape index (κ2) is 5.82. The van der Waals surface area contributed by atoms with Crippen LogP contribution >= 0.6 is 15.9 Å². The van der Waals surface area contributed by atoms with E-state index in [0.717, 1.165) is 28.1 Å². The number of benzene rings is 2. The predicted molar refractivity (Wildman–Crippen MR) is 88.3 cm³/mol. The lowest BCUT2D eigenvalue weighted by Gasteiger charge is -2.11. The Morgan fingerprint density at radius 2 is 1.86 bits per heavy atom. The number of aromatic nitrogens is 1. The Morgan fingerprint density at radius 1 is 1.00 bits per heavy atom. The Bertz CT molecular complexity index is 780. The van der Waals surface area contributed by atoms with Gasteiger partial charge in [0.2, 0.25) is 0 Å². The molecule has 0 radical (unpaired) electrons. The molecule has 0 aliphatic heterocycles. The maximum Gasteiger partial charge on any atom is 0.123 e. The number of halogens is 1. The van der Waals surface area contributed by atoms with Crippen LogP contribution in [0.4, 0.5) is 0 Å². The summed E-state index contributed by atoms with van der Waals surface area (Å²) in [7, 11) is 3.38. The van der Waals surface area contributed by atoms with Crippen LogP contribution < -0.4 is 9.47 Å². The molecule has 4 heteroatoms. The summed E-state index contributed by atoms with van der Waals surface area (Å²) in [5.41, 5.74) is 2.32. The summed E-state index contributed by atoms with van der Waals surface area (Å²) < 4.78 is 14.0. The third kappa shape index (κ3) is 2.76. The van der Waals surface area contributed by atoms with Gasteiger partial charge in [-0.3, -0.25) is 0 Å². The third-order valence-corrected chi connectivity index (χ3v) is 4.05. The first kappa shape index (κ1) is 14.0. The lowest BCUT2D eigenvalue weighted by molar-refractivity contribution is 0.408. The van der Waals surface area contributed by atoms with Crippen molar-refractivity contribution >= 4 is 26.8 Å². The van der Waals surface area contributed by atoms with Crippen LogP contribution in [0.3, 0.4) is 0 Å². The van der Waals surface area contributed by atoms with Crippen LogP contribution in [0, 0.1) is 0 Å². The van der Waals surface area contributed by atoms with Crippen LogP contribution in [-0.4, -0.2) is 18.8 Å². The Hall–Kier alpha value is -1.94. The smallest absolute Gasteiger partial charge is 0.123 e. The highest BCUT2D eigenvalue weighted by Crippen LogP contribution is 2.27. The van der Waals surface area contributed by atoms with Gasteiger partial charge in [0.1, 0.15) is 11.5 Å². The molecule has 0 saturated carbocycles. The first-order chi connectivity index (χ1) is 10.2. The minimum Gasteiger partial charge on any atom is -0.497 e. The van der Waals surface area contributed by atoms with Crippen LogP contribution in [-0.2, 0) is 6.54 Å². The van der Waals surface area contributed by atoms with Crippen molar-refractivity contribution in [1.82, 2.24) is 4.57 Å². The van der Waals surface area contributed by atoms with E-state index in [9.17, 15) is 0 Å². The summed E-state index contributed by atoms with van der Waals surface area (Å²) in [5.74, 6) is 1.77. The molecule has 0 fully saturated rings. The van der Waals surface area contributed by atoms with Crippen molar-refractivity contribution in [3.05, 3.63) is 58.7 Å². The number of rotatable bonds is 4. The molecule has 1 heterocycles. The molecule has 0 spiro atoms. The molecule has 108 valence electrons.